The van der Waals surface area contributed by atoms with Crippen LogP contribution in [-0.4, -0.2) is 30.5 Å². The number of ether oxygens (including phenoxy) is 2. The average Bonchev–Trinajstić information content (AvgIpc) is 2.91. The molecule has 176 valence electrons. The lowest BCUT2D eigenvalue weighted by molar-refractivity contribution is -0.139. The Bertz CT molecular complexity index is 1280. The molecular formula is C30H26O4S. The van der Waals surface area contributed by atoms with Crippen molar-refractivity contribution < 1.29 is 19.4 Å². The molecule has 0 fully saturated rings. The molecule has 0 aliphatic rings. The molecule has 0 atom stereocenters. The van der Waals surface area contributed by atoms with Gasteiger partial charge in [0, 0.05) is 10.6 Å². The number of hydrogen-bond donors (Lipinski definition) is 1. The highest BCUT2D eigenvalue weighted by Gasteiger charge is 2.08. The van der Waals surface area contributed by atoms with Crippen molar-refractivity contribution in [2.75, 3.05) is 19.5 Å². The summed E-state index contributed by atoms with van der Waals surface area (Å²) in [6.07, 6.45) is 2.23. The summed E-state index contributed by atoms with van der Waals surface area (Å²) in [6, 6.07) is 34.5. The van der Waals surface area contributed by atoms with E-state index in [-0.39, 0.29) is 6.61 Å². The molecule has 0 bridgehead atoms. The number of carboxylic acids is 1. The minimum Gasteiger partial charge on any atom is -0.497 e. The van der Waals surface area contributed by atoms with Crippen LogP contribution in [0, 0.1) is 0 Å². The maximum Gasteiger partial charge on any atom is 0.341 e. The fraction of sp³-hybridized carbons (Fsp3) is 0.100. The number of hydrogen-bond acceptors (Lipinski definition) is 4. The third-order valence-corrected chi connectivity index (χ3v) is 6.35. The van der Waals surface area contributed by atoms with E-state index in [1.807, 2.05) is 42.5 Å². The van der Waals surface area contributed by atoms with Gasteiger partial charge >= 0.3 is 5.97 Å². The van der Waals surface area contributed by atoms with Crippen molar-refractivity contribution in [1.82, 2.24) is 0 Å². The van der Waals surface area contributed by atoms with Gasteiger partial charge < -0.3 is 14.6 Å². The van der Waals surface area contributed by atoms with Crippen LogP contribution in [0.2, 0.25) is 0 Å². The van der Waals surface area contributed by atoms with Crippen LogP contribution in [0.3, 0.4) is 0 Å². The van der Waals surface area contributed by atoms with E-state index in [0.717, 1.165) is 33.1 Å². The Hall–Kier alpha value is -3.96. The molecule has 4 rings (SSSR count). The van der Waals surface area contributed by atoms with Gasteiger partial charge in [-0.05, 0) is 64.2 Å². The number of methoxy groups -OCH3 is 1. The first-order valence-electron chi connectivity index (χ1n) is 11.2. The number of rotatable bonds is 10. The Morgan fingerprint density at radius 1 is 0.800 bits per heavy atom. The molecule has 4 nitrogen and oxygen atoms in total. The molecule has 0 saturated heterocycles. The first kappa shape index (κ1) is 24.2. The minimum absolute atomic E-state index is 0.345. The molecule has 1 N–H and O–H groups in total. The average molecular weight is 483 g/mol. The molecule has 0 heterocycles. The van der Waals surface area contributed by atoms with E-state index >= 15 is 0 Å². The van der Waals surface area contributed by atoms with Crippen molar-refractivity contribution in [3.05, 3.63) is 120 Å². The fourth-order valence-corrected chi connectivity index (χ4v) is 4.44. The topological polar surface area (TPSA) is 55.8 Å². The van der Waals surface area contributed by atoms with Gasteiger partial charge in [-0.2, -0.15) is 0 Å². The van der Waals surface area contributed by atoms with Gasteiger partial charge in [0.2, 0.25) is 0 Å². The molecule has 0 aliphatic carbocycles. The highest BCUT2D eigenvalue weighted by Crippen LogP contribution is 2.30. The van der Waals surface area contributed by atoms with Crippen LogP contribution in [-0.2, 0) is 4.79 Å². The van der Waals surface area contributed by atoms with Crippen molar-refractivity contribution in [2.45, 2.75) is 4.90 Å². The predicted molar refractivity (Wildman–Crippen MR) is 142 cm³/mol. The van der Waals surface area contributed by atoms with Gasteiger partial charge in [-0.15, -0.1) is 11.8 Å². The van der Waals surface area contributed by atoms with Gasteiger partial charge in [0.1, 0.15) is 11.5 Å². The zero-order valence-corrected chi connectivity index (χ0v) is 20.2. The lowest BCUT2D eigenvalue weighted by Gasteiger charge is -2.12. The lowest BCUT2D eigenvalue weighted by atomic mass is 9.95. The van der Waals surface area contributed by atoms with Gasteiger partial charge in [-0.1, -0.05) is 72.8 Å². The SMILES string of the molecule is COc1cccc(/C(=C\CSc2ccc(OCC(=O)O)cc2)c2ccc(-c3ccccc3)cc2)c1. The van der Waals surface area contributed by atoms with Gasteiger partial charge in [0.05, 0.1) is 7.11 Å². The molecule has 35 heavy (non-hydrogen) atoms. The molecule has 0 amide bonds. The van der Waals surface area contributed by atoms with Gasteiger partial charge in [-0.25, -0.2) is 4.79 Å². The monoisotopic (exact) mass is 482 g/mol. The number of benzene rings is 4. The van der Waals surface area contributed by atoms with Crippen LogP contribution in [0.5, 0.6) is 11.5 Å². The van der Waals surface area contributed by atoms with Crippen molar-refractivity contribution in [3.63, 3.8) is 0 Å². The van der Waals surface area contributed by atoms with Crippen LogP contribution < -0.4 is 9.47 Å². The van der Waals surface area contributed by atoms with Crippen LogP contribution in [0.25, 0.3) is 16.7 Å². The number of carboxylic acid groups (broad SMARTS) is 1. The quantitative estimate of drug-likeness (QED) is 0.246. The Kier molecular flexibility index (Phi) is 8.25. The van der Waals surface area contributed by atoms with E-state index in [2.05, 4.69) is 54.6 Å². The first-order valence-corrected chi connectivity index (χ1v) is 12.2. The third-order valence-electron chi connectivity index (χ3n) is 5.41. The van der Waals surface area contributed by atoms with Gasteiger partial charge in [-0.3, -0.25) is 0 Å². The second kappa shape index (κ2) is 12.0. The summed E-state index contributed by atoms with van der Waals surface area (Å²) >= 11 is 1.70. The Morgan fingerprint density at radius 3 is 2.20 bits per heavy atom. The standard InChI is InChI=1S/C30H26O4S/c1-33-27-9-5-8-25(20-27)29(24-12-10-23(11-13-24)22-6-3-2-4-7-22)18-19-35-28-16-14-26(15-17-28)34-21-30(31)32/h2-18,20H,19,21H2,1H3,(H,31,32)/b29-18-. The lowest BCUT2D eigenvalue weighted by Crippen LogP contribution is -2.09. The second-order valence-corrected chi connectivity index (χ2v) is 8.85. The maximum atomic E-state index is 10.7. The van der Waals surface area contributed by atoms with E-state index in [9.17, 15) is 4.79 Å². The third kappa shape index (κ3) is 6.78. The predicted octanol–water partition coefficient (Wildman–Crippen LogP) is 7.05. The van der Waals surface area contributed by atoms with E-state index in [4.69, 9.17) is 14.6 Å². The van der Waals surface area contributed by atoms with Crippen molar-refractivity contribution in [2.24, 2.45) is 0 Å². The van der Waals surface area contributed by atoms with E-state index < -0.39 is 5.97 Å². The zero-order valence-electron chi connectivity index (χ0n) is 19.4. The minimum atomic E-state index is -0.990. The number of aliphatic carboxylic acids is 1. The number of carbonyl (C=O) groups is 1. The summed E-state index contributed by atoms with van der Waals surface area (Å²) in [5.74, 6) is 1.14. The molecule has 0 unspecified atom stereocenters. The van der Waals surface area contributed by atoms with Crippen molar-refractivity contribution in [1.29, 1.82) is 0 Å². The molecular weight excluding hydrogens is 456 g/mol. The Morgan fingerprint density at radius 2 is 1.51 bits per heavy atom. The summed E-state index contributed by atoms with van der Waals surface area (Å²) in [5, 5.41) is 8.75. The van der Waals surface area contributed by atoms with Crippen LogP contribution in [0.1, 0.15) is 11.1 Å². The maximum absolute atomic E-state index is 10.7. The molecule has 0 aromatic heterocycles. The first-order chi connectivity index (χ1) is 17.1. The van der Waals surface area contributed by atoms with E-state index in [1.54, 1.807) is 31.0 Å². The van der Waals surface area contributed by atoms with Gasteiger partial charge in [0.15, 0.2) is 6.61 Å². The van der Waals surface area contributed by atoms with E-state index in [1.165, 1.54) is 11.1 Å². The Labute approximate surface area is 209 Å². The summed E-state index contributed by atoms with van der Waals surface area (Å²) in [6.45, 7) is -0.345. The molecule has 0 radical (unpaired) electrons. The molecule has 0 aliphatic heterocycles. The van der Waals surface area contributed by atoms with Crippen LogP contribution >= 0.6 is 11.8 Å². The van der Waals surface area contributed by atoms with Crippen LogP contribution in [0.15, 0.2) is 114 Å². The molecule has 0 saturated carbocycles. The summed E-state index contributed by atoms with van der Waals surface area (Å²) < 4.78 is 10.7. The van der Waals surface area contributed by atoms with Crippen LogP contribution in [0.4, 0.5) is 0 Å². The molecule has 5 heteroatoms. The number of thioether (sulfide) groups is 1. The smallest absolute Gasteiger partial charge is 0.341 e. The molecule has 4 aromatic carbocycles. The highest BCUT2D eigenvalue weighted by atomic mass is 32.2. The van der Waals surface area contributed by atoms with E-state index in [0.29, 0.717) is 5.75 Å². The largest absolute Gasteiger partial charge is 0.497 e. The molecule has 0 spiro atoms. The normalized spacial score (nSPS) is 11.2. The summed E-state index contributed by atoms with van der Waals surface area (Å²) in [4.78, 5) is 11.7. The van der Waals surface area contributed by atoms with Gasteiger partial charge in [0.25, 0.3) is 0 Å². The summed E-state index contributed by atoms with van der Waals surface area (Å²) in [5.41, 5.74) is 5.74. The van der Waals surface area contributed by atoms with Crippen molar-refractivity contribution >= 4 is 23.3 Å². The zero-order chi connectivity index (χ0) is 24.5. The Balaban J connectivity index is 1.54. The van der Waals surface area contributed by atoms with Crippen molar-refractivity contribution in [3.8, 4) is 22.6 Å². The fourth-order valence-electron chi connectivity index (χ4n) is 3.66. The molecule has 4 aromatic rings. The highest BCUT2D eigenvalue weighted by molar-refractivity contribution is 7.99. The summed E-state index contributed by atoms with van der Waals surface area (Å²) in [7, 11) is 1.68. The second-order valence-electron chi connectivity index (χ2n) is 7.76.